The molecule has 25 heavy (non-hydrogen) atoms. The fourth-order valence-electron chi connectivity index (χ4n) is 2.75. The molecule has 7 nitrogen and oxygen atoms in total. The quantitative estimate of drug-likeness (QED) is 0.336. The van der Waals surface area contributed by atoms with Crippen LogP contribution in [-0.2, 0) is 9.59 Å². The van der Waals surface area contributed by atoms with Crippen LogP contribution in [0.25, 0.3) is 0 Å². The minimum atomic E-state index is -1.15. The largest absolute Gasteiger partial charge is 1.00 e. The summed E-state index contributed by atoms with van der Waals surface area (Å²) in [5.74, 6) is -0.858. The summed E-state index contributed by atoms with van der Waals surface area (Å²) < 4.78 is 0. The van der Waals surface area contributed by atoms with E-state index in [0.717, 1.165) is 12.8 Å². The van der Waals surface area contributed by atoms with Gasteiger partial charge in [-0.05, 0) is 43.0 Å². The number of benzene rings is 1. The average Bonchev–Trinajstić information content (AvgIpc) is 2.51. The number of aliphatic imine (C=N–C) groups is 1. The molecule has 2 rings (SSSR count). The second-order valence-corrected chi connectivity index (χ2v) is 5.71. The minimum Gasteiger partial charge on any atom is -0.846 e. The van der Waals surface area contributed by atoms with E-state index in [9.17, 15) is 14.7 Å². The molecule has 0 saturated carbocycles. The van der Waals surface area contributed by atoms with Gasteiger partial charge in [0.25, 0.3) is 5.91 Å². The van der Waals surface area contributed by atoms with Crippen molar-refractivity contribution >= 4 is 17.8 Å². The van der Waals surface area contributed by atoms with E-state index in [1.54, 1.807) is 6.92 Å². The third kappa shape index (κ3) is 5.73. The Balaban J connectivity index is 0.000000540. The molecule has 3 N–H and O–H groups in total. The Bertz CT molecular complexity index is 597. The van der Waals surface area contributed by atoms with E-state index in [4.69, 9.17) is 10.2 Å². The Morgan fingerprint density at radius 3 is 2.00 bits per heavy atom. The minimum absolute atomic E-state index is 0. The second kappa shape index (κ2) is 10.4. The van der Waals surface area contributed by atoms with Crippen LogP contribution in [0.15, 0.2) is 29.3 Å². The van der Waals surface area contributed by atoms with Crippen LogP contribution >= 0.6 is 0 Å². The van der Waals surface area contributed by atoms with Gasteiger partial charge in [0.05, 0.1) is 6.02 Å². The second-order valence-electron chi connectivity index (χ2n) is 5.71. The van der Waals surface area contributed by atoms with Gasteiger partial charge in [-0.1, -0.05) is 27.2 Å². The number of amides is 2. The maximum absolute atomic E-state index is 11.9. The first kappa shape index (κ1) is 23.4. The third-order valence-electron chi connectivity index (χ3n) is 4.18. The van der Waals surface area contributed by atoms with E-state index in [0.29, 0.717) is 6.42 Å². The Labute approximate surface area is 169 Å². The zero-order chi connectivity index (χ0) is 18.3. The monoisotopic (exact) mass is 358 g/mol. The van der Waals surface area contributed by atoms with Crippen molar-refractivity contribution in [3.8, 4) is 11.5 Å². The number of rotatable bonds is 4. The van der Waals surface area contributed by atoms with Crippen LogP contribution in [0.2, 0.25) is 0 Å². The molecule has 0 fully saturated rings. The van der Waals surface area contributed by atoms with Crippen molar-refractivity contribution in [2.45, 2.75) is 40.0 Å². The van der Waals surface area contributed by atoms with Gasteiger partial charge in [-0.15, -0.1) is 0 Å². The first-order valence-corrected chi connectivity index (χ1v) is 7.87. The number of phenols is 2. The standard InChI is InChI=1S/C11H18N2O3.C6H6O2.Na/c1-4-6-7(3)11(5-2)8(14)12-10(16)13-9(11)15;7-5-1-2-6(8)4-3-5;/h7H,4-6H2,1-3H3,(H2,12,13,14,15,16);1-4,7-8H;/q;;+1/p-1. The van der Waals surface area contributed by atoms with Crippen molar-refractivity contribution in [1.82, 2.24) is 5.32 Å². The van der Waals surface area contributed by atoms with Crippen molar-refractivity contribution < 1.29 is 54.5 Å². The van der Waals surface area contributed by atoms with Gasteiger partial charge in [-0.25, -0.2) is 4.99 Å². The van der Waals surface area contributed by atoms with E-state index >= 15 is 0 Å². The summed E-state index contributed by atoms with van der Waals surface area (Å²) in [4.78, 5) is 27.1. The SMILES string of the molecule is CCCC(C)C1(CC)C(=O)N=C([O-])NC1=O.Oc1ccc(O)cc1.[Na+]. The fourth-order valence-corrected chi connectivity index (χ4v) is 2.75. The van der Waals surface area contributed by atoms with Gasteiger partial charge in [0.1, 0.15) is 16.9 Å². The van der Waals surface area contributed by atoms with Gasteiger partial charge in [0, 0.05) is 0 Å². The normalized spacial score (nSPS) is 20.4. The van der Waals surface area contributed by atoms with Crippen LogP contribution in [-0.4, -0.2) is 28.0 Å². The molecule has 132 valence electrons. The summed E-state index contributed by atoms with van der Waals surface area (Å²) >= 11 is 0. The molecule has 0 aliphatic carbocycles. The number of nitrogens with zero attached hydrogens (tertiary/aromatic N) is 1. The predicted molar refractivity (Wildman–Crippen MR) is 87.2 cm³/mol. The number of hydrogen-bond donors (Lipinski definition) is 3. The molecule has 1 heterocycles. The van der Waals surface area contributed by atoms with Crippen LogP contribution in [0.5, 0.6) is 11.5 Å². The van der Waals surface area contributed by atoms with Gasteiger partial charge in [0.2, 0.25) is 5.91 Å². The number of hydrogen-bond acceptors (Lipinski definition) is 5. The van der Waals surface area contributed by atoms with Gasteiger partial charge < -0.3 is 20.6 Å². The third-order valence-corrected chi connectivity index (χ3v) is 4.18. The maximum Gasteiger partial charge on any atom is 1.00 e. The molecule has 0 aromatic heterocycles. The Morgan fingerprint density at radius 1 is 1.16 bits per heavy atom. The van der Waals surface area contributed by atoms with Crippen LogP contribution in [0.1, 0.15) is 40.0 Å². The van der Waals surface area contributed by atoms with Gasteiger partial charge in [-0.3, -0.25) is 9.59 Å². The van der Waals surface area contributed by atoms with Gasteiger partial charge in [-0.2, -0.15) is 0 Å². The molecule has 1 aliphatic heterocycles. The van der Waals surface area contributed by atoms with E-state index in [1.807, 2.05) is 13.8 Å². The van der Waals surface area contributed by atoms with Crippen molar-refractivity contribution in [3.05, 3.63) is 24.3 Å². The summed E-state index contributed by atoms with van der Waals surface area (Å²) in [6.07, 6.45) is 2.02. The first-order chi connectivity index (χ1) is 11.3. The number of nitrogens with one attached hydrogen (secondary N) is 1. The average molecular weight is 358 g/mol. The number of carbonyl (C=O) groups excluding carboxylic acids is 2. The van der Waals surface area contributed by atoms with Crippen molar-refractivity contribution in [2.75, 3.05) is 0 Å². The van der Waals surface area contributed by atoms with Crippen LogP contribution in [0.4, 0.5) is 0 Å². The van der Waals surface area contributed by atoms with Gasteiger partial charge in [0.15, 0.2) is 0 Å². The molecule has 1 aromatic carbocycles. The van der Waals surface area contributed by atoms with E-state index < -0.39 is 23.3 Å². The summed E-state index contributed by atoms with van der Waals surface area (Å²) in [6, 6.07) is 4.86. The summed E-state index contributed by atoms with van der Waals surface area (Å²) in [6.45, 7) is 5.62. The topological polar surface area (TPSA) is 122 Å². The number of amidine groups is 1. The zero-order valence-electron chi connectivity index (χ0n) is 15.1. The van der Waals surface area contributed by atoms with Crippen LogP contribution < -0.4 is 40.0 Å². The molecule has 2 atom stereocenters. The van der Waals surface area contributed by atoms with Crippen LogP contribution in [0, 0.1) is 11.3 Å². The Morgan fingerprint density at radius 2 is 1.64 bits per heavy atom. The summed E-state index contributed by atoms with van der Waals surface area (Å²) in [5, 5.41) is 30.4. The molecule has 0 saturated heterocycles. The van der Waals surface area contributed by atoms with Crippen molar-refractivity contribution in [3.63, 3.8) is 0 Å². The molecule has 1 aliphatic rings. The molecule has 0 bridgehead atoms. The van der Waals surface area contributed by atoms with E-state index in [2.05, 4.69) is 10.3 Å². The Kier molecular flexibility index (Phi) is 9.77. The molecule has 2 amide bonds. The molecular formula is C17H23N2NaO5. The smallest absolute Gasteiger partial charge is 0.846 e. The van der Waals surface area contributed by atoms with E-state index in [1.165, 1.54) is 24.3 Å². The fraction of sp³-hybridized carbons (Fsp3) is 0.471. The molecule has 0 radical (unpaired) electrons. The van der Waals surface area contributed by atoms with Gasteiger partial charge >= 0.3 is 29.6 Å². The number of carbonyl (C=O) groups is 2. The number of phenolic OH excluding ortho intramolecular Hbond substituents is 2. The Hall–Kier alpha value is -1.57. The molecule has 1 aromatic rings. The molecule has 8 heteroatoms. The molecule has 2 unspecified atom stereocenters. The predicted octanol–water partition coefficient (Wildman–Crippen LogP) is -1.71. The molecular weight excluding hydrogens is 335 g/mol. The summed E-state index contributed by atoms with van der Waals surface area (Å²) in [5.41, 5.74) is -1.15. The van der Waals surface area contributed by atoms with Crippen molar-refractivity contribution in [1.29, 1.82) is 0 Å². The molecule has 0 spiro atoms. The maximum atomic E-state index is 11.9. The summed E-state index contributed by atoms with van der Waals surface area (Å²) in [7, 11) is 0. The first-order valence-electron chi connectivity index (χ1n) is 7.87. The van der Waals surface area contributed by atoms with Crippen LogP contribution in [0.3, 0.4) is 0 Å². The van der Waals surface area contributed by atoms with Crippen molar-refractivity contribution in [2.24, 2.45) is 16.3 Å². The van der Waals surface area contributed by atoms with E-state index in [-0.39, 0.29) is 47.0 Å². The zero-order valence-corrected chi connectivity index (χ0v) is 17.1. The number of aromatic hydroxyl groups is 2.